The van der Waals surface area contributed by atoms with Crippen LogP contribution in [0.3, 0.4) is 0 Å². The molecule has 0 spiro atoms. The predicted molar refractivity (Wildman–Crippen MR) is 72.1 cm³/mol. The van der Waals surface area contributed by atoms with Crippen molar-refractivity contribution in [1.29, 1.82) is 0 Å². The Hall–Kier alpha value is -1.04. The lowest BCUT2D eigenvalue weighted by molar-refractivity contribution is 0.149. The third-order valence-electron chi connectivity index (χ3n) is 2.16. The lowest BCUT2D eigenvalue weighted by Crippen LogP contribution is -2.19. The van der Waals surface area contributed by atoms with E-state index in [9.17, 15) is 0 Å². The summed E-state index contributed by atoms with van der Waals surface area (Å²) in [5, 5.41) is 0. The van der Waals surface area contributed by atoms with E-state index < -0.39 is 8.07 Å². The Bertz CT molecular complexity index is 367. The van der Waals surface area contributed by atoms with Crippen molar-refractivity contribution in [1.82, 2.24) is 0 Å². The van der Waals surface area contributed by atoms with Gasteiger partial charge in [-0.3, -0.25) is 0 Å². The van der Waals surface area contributed by atoms with E-state index in [2.05, 4.69) is 43.2 Å². The van der Waals surface area contributed by atoms with Gasteiger partial charge in [0.05, 0.1) is 0 Å². The second-order valence-electron chi connectivity index (χ2n) is 4.93. The molecule has 1 aromatic rings. The van der Waals surface area contributed by atoms with Gasteiger partial charge in [0.2, 0.25) is 0 Å². The molecular formula is C14H20OSi. The number of methoxy groups -OCH3 is 1. The molecule has 1 unspecified atom stereocenters. The zero-order valence-corrected chi connectivity index (χ0v) is 11.6. The summed E-state index contributed by atoms with van der Waals surface area (Å²) in [6.45, 7) is 6.74. The van der Waals surface area contributed by atoms with Gasteiger partial charge >= 0.3 is 0 Å². The molecule has 1 atom stereocenters. The smallest absolute Gasteiger partial charge is 0.129 e. The lowest BCUT2D eigenvalue weighted by Gasteiger charge is -2.10. The highest BCUT2D eigenvalue weighted by atomic mass is 28.3. The predicted octanol–water partition coefficient (Wildman–Crippen LogP) is 3.12. The van der Waals surface area contributed by atoms with Gasteiger partial charge in [-0.15, -0.1) is 5.54 Å². The summed E-state index contributed by atoms with van der Waals surface area (Å²) in [5.41, 5.74) is 4.63. The average molecular weight is 232 g/mol. The summed E-state index contributed by atoms with van der Waals surface area (Å²) in [7, 11) is 0.434. The van der Waals surface area contributed by atoms with E-state index in [0.29, 0.717) is 0 Å². The van der Waals surface area contributed by atoms with Crippen molar-refractivity contribution in [3.8, 4) is 11.5 Å². The molecule has 0 heterocycles. The van der Waals surface area contributed by atoms with Gasteiger partial charge in [-0.1, -0.05) is 55.9 Å². The molecule has 1 aromatic carbocycles. The van der Waals surface area contributed by atoms with Crippen LogP contribution in [0.2, 0.25) is 19.6 Å². The molecule has 0 aliphatic carbocycles. The minimum atomic E-state index is -1.29. The fraction of sp³-hybridized carbons (Fsp3) is 0.429. The van der Waals surface area contributed by atoms with Crippen LogP contribution in [-0.4, -0.2) is 21.3 Å². The molecule has 0 N–H and O–H groups in total. The molecule has 0 fully saturated rings. The normalized spacial score (nSPS) is 12.8. The van der Waals surface area contributed by atoms with E-state index in [-0.39, 0.29) is 6.10 Å². The van der Waals surface area contributed by atoms with Crippen LogP contribution in [0.15, 0.2) is 30.3 Å². The quantitative estimate of drug-likeness (QED) is 0.575. The maximum Gasteiger partial charge on any atom is 0.129 e. The third kappa shape index (κ3) is 5.15. The Balaban J connectivity index is 2.66. The van der Waals surface area contributed by atoms with Crippen LogP contribution in [0.5, 0.6) is 0 Å². The fourth-order valence-electron chi connectivity index (χ4n) is 1.32. The van der Waals surface area contributed by atoms with Crippen molar-refractivity contribution in [3.05, 3.63) is 35.9 Å². The van der Waals surface area contributed by atoms with E-state index in [1.54, 1.807) is 7.11 Å². The van der Waals surface area contributed by atoms with Gasteiger partial charge in [0.1, 0.15) is 14.2 Å². The molecule has 0 bridgehead atoms. The van der Waals surface area contributed by atoms with E-state index in [0.717, 1.165) is 6.42 Å². The van der Waals surface area contributed by atoms with Crippen LogP contribution in [0.1, 0.15) is 5.56 Å². The van der Waals surface area contributed by atoms with E-state index in [4.69, 9.17) is 4.74 Å². The molecule has 1 nitrogen and oxygen atoms in total. The Morgan fingerprint density at radius 1 is 1.19 bits per heavy atom. The van der Waals surface area contributed by atoms with Crippen molar-refractivity contribution < 1.29 is 4.74 Å². The number of rotatable bonds is 3. The van der Waals surface area contributed by atoms with E-state index in [1.165, 1.54) is 5.56 Å². The highest BCUT2D eigenvalue weighted by Gasteiger charge is 2.10. The molecule has 0 aromatic heterocycles. The highest BCUT2D eigenvalue weighted by molar-refractivity contribution is 6.83. The van der Waals surface area contributed by atoms with Crippen molar-refractivity contribution in [2.75, 3.05) is 7.11 Å². The molecule has 86 valence electrons. The highest BCUT2D eigenvalue weighted by Crippen LogP contribution is 2.05. The molecule has 0 amide bonds. The van der Waals surface area contributed by atoms with Crippen LogP contribution in [-0.2, 0) is 11.2 Å². The molecule has 0 saturated carbocycles. The minimum absolute atomic E-state index is 0.0223. The van der Waals surface area contributed by atoms with Gasteiger partial charge in [-0.25, -0.2) is 0 Å². The molecular weight excluding hydrogens is 212 g/mol. The summed E-state index contributed by atoms with van der Waals surface area (Å²) in [5.74, 6) is 3.25. The fourth-order valence-corrected chi connectivity index (χ4v) is 1.91. The van der Waals surface area contributed by atoms with Crippen LogP contribution < -0.4 is 0 Å². The summed E-state index contributed by atoms with van der Waals surface area (Å²) < 4.78 is 5.40. The van der Waals surface area contributed by atoms with Crippen LogP contribution >= 0.6 is 0 Å². The minimum Gasteiger partial charge on any atom is -0.368 e. The summed E-state index contributed by atoms with van der Waals surface area (Å²) in [6, 6.07) is 10.4. The number of benzene rings is 1. The van der Waals surface area contributed by atoms with Gasteiger partial charge in [-0.2, -0.15) is 0 Å². The Labute approximate surface area is 99.8 Å². The molecule has 1 rings (SSSR count). The molecule has 0 radical (unpaired) electrons. The Kier molecular flexibility index (Phi) is 4.79. The lowest BCUT2D eigenvalue weighted by atomic mass is 10.1. The Morgan fingerprint density at radius 3 is 2.31 bits per heavy atom. The maximum absolute atomic E-state index is 5.40. The maximum atomic E-state index is 5.40. The Morgan fingerprint density at radius 2 is 1.81 bits per heavy atom. The number of hydrogen-bond acceptors (Lipinski definition) is 1. The summed E-state index contributed by atoms with van der Waals surface area (Å²) in [4.78, 5) is 0. The number of hydrogen-bond donors (Lipinski definition) is 0. The zero-order chi connectivity index (χ0) is 12.0. The van der Waals surface area contributed by atoms with Crippen LogP contribution in [0.4, 0.5) is 0 Å². The van der Waals surface area contributed by atoms with Gasteiger partial charge < -0.3 is 4.74 Å². The SMILES string of the molecule is COC(C#C[Si](C)(C)C)Cc1ccccc1. The third-order valence-corrected chi connectivity index (χ3v) is 3.05. The zero-order valence-electron chi connectivity index (χ0n) is 10.6. The molecule has 2 heteroatoms. The first kappa shape index (κ1) is 13.0. The largest absolute Gasteiger partial charge is 0.368 e. The summed E-state index contributed by atoms with van der Waals surface area (Å²) >= 11 is 0. The topological polar surface area (TPSA) is 9.23 Å². The monoisotopic (exact) mass is 232 g/mol. The second kappa shape index (κ2) is 5.88. The van der Waals surface area contributed by atoms with Gasteiger partial charge in [0, 0.05) is 13.5 Å². The van der Waals surface area contributed by atoms with Crippen molar-refractivity contribution in [3.63, 3.8) is 0 Å². The summed E-state index contributed by atoms with van der Waals surface area (Å²) in [6.07, 6.45) is 0.892. The van der Waals surface area contributed by atoms with Gasteiger partial charge in [0.15, 0.2) is 0 Å². The first-order valence-corrected chi connectivity index (χ1v) is 9.11. The van der Waals surface area contributed by atoms with Gasteiger partial charge in [-0.05, 0) is 5.56 Å². The first-order chi connectivity index (χ1) is 7.51. The molecule has 0 saturated heterocycles. The van der Waals surface area contributed by atoms with Gasteiger partial charge in [0.25, 0.3) is 0 Å². The van der Waals surface area contributed by atoms with Crippen molar-refractivity contribution in [2.45, 2.75) is 32.2 Å². The van der Waals surface area contributed by atoms with Crippen molar-refractivity contribution >= 4 is 8.07 Å². The molecule has 16 heavy (non-hydrogen) atoms. The van der Waals surface area contributed by atoms with Crippen LogP contribution in [0, 0.1) is 11.5 Å². The standard InChI is InChI=1S/C14H20OSi/c1-15-14(10-11-16(2,3)4)12-13-8-6-5-7-9-13/h5-9,14H,12H2,1-4H3. The number of ether oxygens (including phenoxy) is 1. The molecule has 0 aliphatic rings. The van der Waals surface area contributed by atoms with E-state index >= 15 is 0 Å². The van der Waals surface area contributed by atoms with Crippen molar-refractivity contribution in [2.24, 2.45) is 0 Å². The van der Waals surface area contributed by atoms with E-state index in [1.807, 2.05) is 18.2 Å². The first-order valence-electron chi connectivity index (χ1n) is 5.61. The second-order valence-corrected chi connectivity index (χ2v) is 9.68. The van der Waals surface area contributed by atoms with Crippen LogP contribution in [0.25, 0.3) is 0 Å². The molecule has 0 aliphatic heterocycles. The average Bonchev–Trinajstić information content (AvgIpc) is 2.24.